The Labute approximate surface area is 172 Å². The van der Waals surface area contributed by atoms with E-state index in [2.05, 4.69) is 37.9 Å². The summed E-state index contributed by atoms with van der Waals surface area (Å²) < 4.78 is 0. The lowest BCUT2D eigenvalue weighted by Gasteiger charge is -2.36. The standard InChI is InChI=1S/C23H28N6/c1-2-8-21-20(7-1)23(26-22(25-21)19-6-5-9-24-18-19)29-16-14-28(15-17-29)13-12-27-10-3-4-11-27/h1-2,5-9,18H,3-4,10-17H2. The molecule has 0 radical (unpaired) electrons. The molecule has 0 unspecified atom stereocenters. The first-order valence-electron chi connectivity index (χ1n) is 10.7. The molecule has 0 saturated carbocycles. The van der Waals surface area contributed by atoms with Crippen LogP contribution < -0.4 is 4.90 Å². The zero-order valence-corrected chi connectivity index (χ0v) is 16.9. The minimum atomic E-state index is 0.753. The first-order chi connectivity index (χ1) is 14.4. The fourth-order valence-electron chi connectivity index (χ4n) is 4.40. The van der Waals surface area contributed by atoms with E-state index in [0.717, 1.165) is 54.3 Å². The number of para-hydroxylation sites is 1. The van der Waals surface area contributed by atoms with Gasteiger partial charge >= 0.3 is 0 Å². The summed E-state index contributed by atoms with van der Waals surface area (Å²) in [7, 11) is 0. The van der Waals surface area contributed by atoms with Crippen molar-refractivity contribution in [2.75, 3.05) is 57.3 Å². The minimum Gasteiger partial charge on any atom is -0.353 e. The van der Waals surface area contributed by atoms with Gasteiger partial charge in [0.25, 0.3) is 0 Å². The van der Waals surface area contributed by atoms with Crippen LogP contribution in [0.5, 0.6) is 0 Å². The van der Waals surface area contributed by atoms with Crippen LogP contribution in [0.4, 0.5) is 5.82 Å². The van der Waals surface area contributed by atoms with E-state index < -0.39 is 0 Å². The van der Waals surface area contributed by atoms with Crippen LogP contribution in [0.25, 0.3) is 22.3 Å². The summed E-state index contributed by atoms with van der Waals surface area (Å²) in [4.78, 5) is 21.6. The van der Waals surface area contributed by atoms with E-state index in [-0.39, 0.29) is 0 Å². The first kappa shape index (κ1) is 18.5. The Bertz CT molecular complexity index is 946. The summed E-state index contributed by atoms with van der Waals surface area (Å²) in [6.07, 6.45) is 6.36. The van der Waals surface area contributed by atoms with Gasteiger partial charge in [-0.2, -0.15) is 0 Å². The van der Waals surface area contributed by atoms with Crippen LogP contribution in [0.3, 0.4) is 0 Å². The smallest absolute Gasteiger partial charge is 0.163 e. The Morgan fingerprint density at radius 3 is 2.28 bits per heavy atom. The van der Waals surface area contributed by atoms with Crippen molar-refractivity contribution in [2.45, 2.75) is 12.8 Å². The van der Waals surface area contributed by atoms with Crippen molar-refractivity contribution in [1.29, 1.82) is 0 Å². The second kappa shape index (κ2) is 8.43. The maximum Gasteiger partial charge on any atom is 0.163 e. The number of pyridine rings is 1. The van der Waals surface area contributed by atoms with Gasteiger partial charge in [0.15, 0.2) is 5.82 Å². The summed E-state index contributed by atoms with van der Waals surface area (Å²) in [5.41, 5.74) is 1.96. The van der Waals surface area contributed by atoms with E-state index in [4.69, 9.17) is 9.97 Å². The number of likely N-dealkylation sites (tertiary alicyclic amines) is 1. The number of nitrogens with zero attached hydrogens (tertiary/aromatic N) is 6. The quantitative estimate of drug-likeness (QED) is 0.670. The predicted octanol–water partition coefficient (Wildman–Crippen LogP) is 2.91. The van der Waals surface area contributed by atoms with Gasteiger partial charge in [0, 0.05) is 62.6 Å². The highest BCUT2D eigenvalue weighted by atomic mass is 15.3. The van der Waals surface area contributed by atoms with Crippen LogP contribution in [0, 0.1) is 0 Å². The number of benzene rings is 1. The van der Waals surface area contributed by atoms with Gasteiger partial charge in [-0.15, -0.1) is 0 Å². The van der Waals surface area contributed by atoms with Gasteiger partial charge in [-0.05, 0) is 50.2 Å². The molecule has 1 aromatic carbocycles. The second-order valence-electron chi connectivity index (χ2n) is 8.01. The van der Waals surface area contributed by atoms with Crippen molar-refractivity contribution in [1.82, 2.24) is 24.8 Å². The van der Waals surface area contributed by atoms with Crippen LogP contribution in [0.1, 0.15) is 12.8 Å². The van der Waals surface area contributed by atoms with Crippen LogP contribution >= 0.6 is 0 Å². The van der Waals surface area contributed by atoms with Crippen LogP contribution in [-0.2, 0) is 0 Å². The second-order valence-corrected chi connectivity index (χ2v) is 8.01. The van der Waals surface area contributed by atoms with E-state index in [9.17, 15) is 0 Å². The normalized spacial score (nSPS) is 18.6. The Morgan fingerprint density at radius 2 is 1.52 bits per heavy atom. The monoisotopic (exact) mass is 388 g/mol. The molecule has 0 bridgehead atoms. The highest BCUT2D eigenvalue weighted by Gasteiger charge is 2.22. The number of aromatic nitrogens is 3. The Balaban J connectivity index is 1.34. The lowest BCUT2D eigenvalue weighted by molar-refractivity contribution is 0.215. The molecule has 3 aromatic rings. The van der Waals surface area contributed by atoms with Crippen LogP contribution in [-0.4, -0.2) is 77.1 Å². The van der Waals surface area contributed by atoms with Crippen molar-refractivity contribution in [3.63, 3.8) is 0 Å². The molecule has 2 aromatic heterocycles. The molecule has 6 heteroatoms. The van der Waals surface area contributed by atoms with Crippen molar-refractivity contribution in [2.24, 2.45) is 0 Å². The Morgan fingerprint density at radius 1 is 0.759 bits per heavy atom. The van der Waals surface area contributed by atoms with Gasteiger partial charge < -0.3 is 9.80 Å². The predicted molar refractivity (Wildman–Crippen MR) is 117 cm³/mol. The van der Waals surface area contributed by atoms with Gasteiger partial charge in [0.1, 0.15) is 5.82 Å². The molecule has 6 nitrogen and oxygen atoms in total. The molecule has 4 heterocycles. The van der Waals surface area contributed by atoms with Gasteiger partial charge in [-0.3, -0.25) is 9.88 Å². The largest absolute Gasteiger partial charge is 0.353 e. The summed E-state index contributed by atoms with van der Waals surface area (Å²) in [5.74, 6) is 1.80. The Kier molecular flexibility index (Phi) is 5.37. The third-order valence-corrected chi connectivity index (χ3v) is 6.11. The minimum absolute atomic E-state index is 0.753. The fraction of sp³-hybridized carbons (Fsp3) is 0.435. The number of rotatable bonds is 5. The van der Waals surface area contributed by atoms with Crippen molar-refractivity contribution >= 4 is 16.7 Å². The molecule has 0 amide bonds. The zero-order chi connectivity index (χ0) is 19.5. The van der Waals surface area contributed by atoms with E-state index in [1.165, 1.54) is 39.0 Å². The van der Waals surface area contributed by atoms with Gasteiger partial charge in [-0.1, -0.05) is 12.1 Å². The van der Waals surface area contributed by atoms with Gasteiger partial charge in [0.05, 0.1) is 5.52 Å². The number of hydrogen-bond donors (Lipinski definition) is 0. The molecule has 0 N–H and O–H groups in total. The highest BCUT2D eigenvalue weighted by Crippen LogP contribution is 2.28. The maximum absolute atomic E-state index is 4.98. The first-order valence-corrected chi connectivity index (χ1v) is 10.7. The Hall–Kier alpha value is -2.57. The molecule has 0 aliphatic carbocycles. The highest BCUT2D eigenvalue weighted by molar-refractivity contribution is 5.91. The molecule has 29 heavy (non-hydrogen) atoms. The summed E-state index contributed by atoms with van der Waals surface area (Å²) in [6.45, 7) is 9.15. The van der Waals surface area contributed by atoms with Gasteiger partial charge in [0.2, 0.25) is 0 Å². The lowest BCUT2D eigenvalue weighted by atomic mass is 10.2. The number of fused-ring (bicyclic) bond motifs is 1. The van der Waals surface area contributed by atoms with E-state index >= 15 is 0 Å². The van der Waals surface area contributed by atoms with E-state index in [0.29, 0.717) is 0 Å². The molecular formula is C23H28N6. The SMILES string of the molecule is c1cncc(-c2nc(N3CCN(CCN4CCCC4)CC3)c3ccccc3n2)c1. The summed E-state index contributed by atoms with van der Waals surface area (Å²) in [6, 6.07) is 12.3. The molecule has 2 saturated heterocycles. The van der Waals surface area contributed by atoms with Crippen molar-refractivity contribution in [3.8, 4) is 11.4 Å². The van der Waals surface area contributed by atoms with Gasteiger partial charge in [-0.25, -0.2) is 9.97 Å². The van der Waals surface area contributed by atoms with E-state index in [1.54, 1.807) is 6.20 Å². The van der Waals surface area contributed by atoms with Crippen LogP contribution in [0.2, 0.25) is 0 Å². The number of anilines is 1. The maximum atomic E-state index is 4.98. The summed E-state index contributed by atoms with van der Waals surface area (Å²) in [5, 5.41) is 1.13. The topological polar surface area (TPSA) is 48.4 Å². The average Bonchev–Trinajstić information content (AvgIpc) is 3.32. The third kappa shape index (κ3) is 4.09. The molecule has 0 spiro atoms. The lowest BCUT2D eigenvalue weighted by Crippen LogP contribution is -2.48. The molecule has 150 valence electrons. The number of hydrogen-bond acceptors (Lipinski definition) is 6. The molecule has 5 rings (SSSR count). The molecule has 0 atom stereocenters. The molecule has 2 aliphatic heterocycles. The molecular weight excluding hydrogens is 360 g/mol. The zero-order valence-electron chi connectivity index (χ0n) is 16.9. The summed E-state index contributed by atoms with van der Waals surface area (Å²) >= 11 is 0. The fourth-order valence-corrected chi connectivity index (χ4v) is 4.40. The van der Waals surface area contributed by atoms with Crippen molar-refractivity contribution < 1.29 is 0 Å². The number of piperazine rings is 1. The molecule has 2 fully saturated rings. The van der Waals surface area contributed by atoms with E-state index in [1.807, 2.05) is 24.4 Å². The van der Waals surface area contributed by atoms with Crippen molar-refractivity contribution in [3.05, 3.63) is 48.8 Å². The third-order valence-electron chi connectivity index (χ3n) is 6.11. The van der Waals surface area contributed by atoms with Crippen LogP contribution in [0.15, 0.2) is 48.8 Å². The average molecular weight is 389 g/mol. The molecule has 2 aliphatic rings.